The van der Waals surface area contributed by atoms with Gasteiger partial charge in [-0.3, -0.25) is 0 Å². The topological polar surface area (TPSA) is 24.5 Å². The number of hydrogen-bond donors (Lipinski definition) is 1. The van der Waals surface area contributed by atoms with Crippen molar-refractivity contribution in [1.29, 1.82) is 0 Å². The summed E-state index contributed by atoms with van der Waals surface area (Å²) in [5.41, 5.74) is 0.349. The number of nitrogens with one attached hydrogen (secondary N) is 1. The van der Waals surface area contributed by atoms with Crippen LogP contribution in [0.3, 0.4) is 0 Å². The molecule has 0 unspecified atom stereocenters. The van der Waals surface area contributed by atoms with E-state index in [1.54, 1.807) is 0 Å². The Morgan fingerprint density at radius 2 is 1.93 bits per heavy atom. The lowest BCUT2D eigenvalue weighted by Crippen LogP contribution is -2.44. The molecule has 1 aliphatic rings. The van der Waals surface area contributed by atoms with E-state index in [0.717, 1.165) is 32.3 Å². The molecule has 0 aliphatic carbocycles. The Morgan fingerprint density at radius 1 is 1.33 bits per heavy atom. The van der Waals surface area contributed by atoms with Gasteiger partial charge in [0, 0.05) is 32.3 Å². The zero-order chi connectivity index (χ0) is 11.3. The predicted octanol–water partition coefficient (Wildman–Crippen LogP) is 1.34. The molecule has 0 aromatic heterocycles. The van der Waals surface area contributed by atoms with Crippen LogP contribution in [-0.2, 0) is 4.74 Å². The van der Waals surface area contributed by atoms with Crippen LogP contribution in [0.5, 0.6) is 0 Å². The second-order valence-electron chi connectivity index (χ2n) is 5.45. The molecule has 1 N–H and O–H groups in total. The SMILES string of the molecule is CNCC(C)(C)CN(C)C1CCOCC1. The highest BCUT2D eigenvalue weighted by molar-refractivity contribution is 4.79. The van der Waals surface area contributed by atoms with Crippen molar-refractivity contribution in [3.63, 3.8) is 0 Å². The van der Waals surface area contributed by atoms with Gasteiger partial charge in [-0.25, -0.2) is 0 Å². The van der Waals surface area contributed by atoms with E-state index >= 15 is 0 Å². The van der Waals surface area contributed by atoms with Crippen LogP contribution in [-0.4, -0.2) is 51.3 Å². The van der Waals surface area contributed by atoms with Gasteiger partial charge in [0.05, 0.1) is 0 Å². The fraction of sp³-hybridized carbons (Fsp3) is 1.00. The van der Waals surface area contributed by atoms with Crippen molar-refractivity contribution in [2.45, 2.75) is 32.7 Å². The van der Waals surface area contributed by atoms with Crippen molar-refractivity contribution >= 4 is 0 Å². The summed E-state index contributed by atoms with van der Waals surface area (Å²) in [6.07, 6.45) is 2.37. The normalized spacial score (nSPS) is 19.8. The molecule has 90 valence electrons. The van der Waals surface area contributed by atoms with E-state index in [0.29, 0.717) is 5.41 Å². The van der Waals surface area contributed by atoms with Crippen molar-refractivity contribution < 1.29 is 4.74 Å². The van der Waals surface area contributed by atoms with Gasteiger partial charge in [-0.15, -0.1) is 0 Å². The van der Waals surface area contributed by atoms with E-state index in [1.807, 2.05) is 7.05 Å². The van der Waals surface area contributed by atoms with Crippen LogP contribution in [0.4, 0.5) is 0 Å². The summed E-state index contributed by atoms with van der Waals surface area (Å²) in [5, 5.41) is 3.26. The first-order chi connectivity index (χ1) is 7.05. The third-order valence-electron chi connectivity index (χ3n) is 3.15. The molecule has 0 atom stereocenters. The Labute approximate surface area is 94.2 Å². The number of hydrogen-bond acceptors (Lipinski definition) is 3. The summed E-state index contributed by atoms with van der Waals surface area (Å²) < 4.78 is 5.39. The Morgan fingerprint density at radius 3 is 2.47 bits per heavy atom. The van der Waals surface area contributed by atoms with Crippen LogP contribution in [0, 0.1) is 5.41 Å². The van der Waals surface area contributed by atoms with Crippen LogP contribution in [0.1, 0.15) is 26.7 Å². The van der Waals surface area contributed by atoms with Gasteiger partial charge in [0.2, 0.25) is 0 Å². The van der Waals surface area contributed by atoms with Gasteiger partial charge in [0.25, 0.3) is 0 Å². The standard InChI is InChI=1S/C12H26N2O/c1-12(2,9-13-3)10-14(4)11-5-7-15-8-6-11/h11,13H,5-10H2,1-4H3. The molecule has 1 aliphatic heterocycles. The van der Waals surface area contributed by atoms with E-state index in [4.69, 9.17) is 4.74 Å². The minimum atomic E-state index is 0.349. The lowest BCUT2D eigenvalue weighted by atomic mass is 9.91. The van der Waals surface area contributed by atoms with Crippen LogP contribution >= 0.6 is 0 Å². The summed E-state index contributed by atoms with van der Waals surface area (Å²) in [7, 11) is 4.27. The summed E-state index contributed by atoms with van der Waals surface area (Å²) in [6, 6.07) is 0.717. The molecule has 3 heteroatoms. The van der Waals surface area contributed by atoms with Gasteiger partial charge in [0.1, 0.15) is 0 Å². The molecule has 1 heterocycles. The average Bonchev–Trinajstić information content (AvgIpc) is 2.18. The Bertz CT molecular complexity index is 176. The molecule has 1 saturated heterocycles. The Balaban J connectivity index is 2.35. The van der Waals surface area contributed by atoms with Crippen molar-refractivity contribution in [3.8, 4) is 0 Å². The van der Waals surface area contributed by atoms with Crippen molar-refractivity contribution in [2.75, 3.05) is 40.4 Å². The maximum absolute atomic E-state index is 5.39. The minimum absolute atomic E-state index is 0.349. The first kappa shape index (κ1) is 12.9. The third kappa shape index (κ3) is 4.49. The fourth-order valence-electron chi connectivity index (χ4n) is 2.46. The summed E-state index contributed by atoms with van der Waals surface area (Å²) in [6.45, 7) is 8.72. The third-order valence-corrected chi connectivity index (χ3v) is 3.15. The highest BCUT2D eigenvalue weighted by Gasteiger charge is 2.24. The smallest absolute Gasteiger partial charge is 0.0480 e. The molecule has 0 bridgehead atoms. The number of nitrogens with zero attached hydrogens (tertiary/aromatic N) is 1. The highest BCUT2D eigenvalue weighted by atomic mass is 16.5. The molecule has 1 fully saturated rings. The largest absolute Gasteiger partial charge is 0.381 e. The maximum Gasteiger partial charge on any atom is 0.0480 e. The molecule has 3 nitrogen and oxygen atoms in total. The van der Waals surface area contributed by atoms with Crippen LogP contribution < -0.4 is 5.32 Å². The molecule has 0 saturated carbocycles. The summed E-state index contributed by atoms with van der Waals surface area (Å²) in [5.74, 6) is 0. The molecule has 0 radical (unpaired) electrons. The Hall–Kier alpha value is -0.120. The van der Waals surface area contributed by atoms with Gasteiger partial charge in [0.15, 0.2) is 0 Å². The zero-order valence-corrected chi connectivity index (χ0v) is 10.7. The molecule has 15 heavy (non-hydrogen) atoms. The van der Waals surface area contributed by atoms with Gasteiger partial charge in [-0.2, -0.15) is 0 Å². The van der Waals surface area contributed by atoms with E-state index in [2.05, 4.69) is 31.1 Å². The monoisotopic (exact) mass is 214 g/mol. The molecule has 0 amide bonds. The first-order valence-electron chi connectivity index (χ1n) is 5.98. The maximum atomic E-state index is 5.39. The van der Waals surface area contributed by atoms with E-state index in [1.165, 1.54) is 12.8 Å². The van der Waals surface area contributed by atoms with Crippen molar-refractivity contribution in [3.05, 3.63) is 0 Å². The predicted molar refractivity (Wildman–Crippen MR) is 64.2 cm³/mol. The van der Waals surface area contributed by atoms with E-state index in [9.17, 15) is 0 Å². The minimum Gasteiger partial charge on any atom is -0.381 e. The second-order valence-corrected chi connectivity index (χ2v) is 5.45. The zero-order valence-electron chi connectivity index (χ0n) is 10.7. The number of ether oxygens (including phenoxy) is 1. The van der Waals surface area contributed by atoms with Gasteiger partial charge in [-0.1, -0.05) is 13.8 Å². The number of rotatable bonds is 5. The second kappa shape index (κ2) is 5.83. The van der Waals surface area contributed by atoms with Gasteiger partial charge in [-0.05, 0) is 32.4 Å². The summed E-state index contributed by atoms with van der Waals surface area (Å²) >= 11 is 0. The molecular weight excluding hydrogens is 188 g/mol. The van der Waals surface area contributed by atoms with Gasteiger partial charge < -0.3 is 15.0 Å². The Kier molecular flexibility index (Phi) is 5.03. The lowest BCUT2D eigenvalue weighted by Gasteiger charge is -2.37. The van der Waals surface area contributed by atoms with Crippen LogP contribution in [0.15, 0.2) is 0 Å². The molecular formula is C12H26N2O. The van der Waals surface area contributed by atoms with Crippen molar-refractivity contribution in [1.82, 2.24) is 10.2 Å². The van der Waals surface area contributed by atoms with E-state index < -0.39 is 0 Å². The lowest BCUT2D eigenvalue weighted by molar-refractivity contribution is 0.0316. The first-order valence-corrected chi connectivity index (χ1v) is 5.98. The average molecular weight is 214 g/mol. The van der Waals surface area contributed by atoms with Crippen LogP contribution in [0.2, 0.25) is 0 Å². The fourth-order valence-corrected chi connectivity index (χ4v) is 2.46. The molecule has 1 rings (SSSR count). The molecule has 0 aromatic carbocycles. The van der Waals surface area contributed by atoms with E-state index in [-0.39, 0.29) is 0 Å². The van der Waals surface area contributed by atoms with Gasteiger partial charge >= 0.3 is 0 Å². The van der Waals surface area contributed by atoms with Crippen LogP contribution in [0.25, 0.3) is 0 Å². The highest BCUT2D eigenvalue weighted by Crippen LogP contribution is 2.20. The van der Waals surface area contributed by atoms with Crippen molar-refractivity contribution in [2.24, 2.45) is 5.41 Å². The summed E-state index contributed by atoms with van der Waals surface area (Å²) in [4.78, 5) is 2.50. The molecule has 0 aromatic rings. The quantitative estimate of drug-likeness (QED) is 0.747. The molecule has 0 spiro atoms.